The molecular formula is C11F22O. The highest BCUT2D eigenvalue weighted by atomic mass is 19.4. The van der Waals surface area contributed by atoms with Crippen molar-refractivity contribution in [2.24, 2.45) is 0 Å². The molecule has 0 amide bonds. The van der Waals surface area contributed by atoms with Gasteiger partial charge in [-0.25, -0.2) is 8.78 Å². The molecule has 0 bridgehead atoms. The molecule has 204 valence electrons. The number of Topliss-reactive ketones (excluding diaryl/α,β-unsaturated/α-hetero) is 1. The quantitative estimate of drug-likeness (QED) is 0.325. The number of alkyl halides is 22. The molecule has 0 atom stereocenters. The van der Waals surface area contributed by atoms with Gasteiger partial charge in [0.25, 0.3) is 0 Å². The maximum Gasteiger partial charge on any atom is 0.457 e. The Labute approximate surface area is 168 Å². The van der Waals surface area contributed by atoms with Crippen molar-refractivity contribution in [3.63, 3.8) is 0 Å². The molecule has 0 aliphatic carbocycles. The molecule has 0 N–H and O–H groups in total. The molecule has 0 aliphatic heterocycles. The normalized spacial score (nSPS) is 16.6. The van der Waals surface area contributed by atoms with Gasteiger partial charge in [-0.2, -0.15) is 87.8 Å². The van der Waals surface area contributed by atoms with Crippen LogP contribution in [0.4, 0.5) is 96.6 Å². The van der Waals surface area contributed by atoms with E-state index in [0.29, 0.717) is 0 Å². The molecular weight excluding hydrogens is 566 g/mol. The minimum Gasteiger partial charge on any atom is -0.291 e. The van der Waals surface area contributed by atoms with Crippen molar-refractivity contribution in [3.8, 4) is 0 Å². The summed E-state index contributed by atoms with van der Waals surface area (Å²) >= 11 is 0. The largest absolute Gasteiger partial charge is 0.457 e. The Morgan fingerprint density at radius 3 is 0.500 bits per heavy atom. The molecule has 0 rings (SSSR count). The molecule has 1 nitrogen and oxygen atoms in total. The maximum absolute atomic E-state index is 14.1. The third-order valence-electron chi connectivity index (χ3n) is 3.78. The first-order valence-electron chi connectivity index (χ1n) is 6.86. The van der Waals surface area contributed by atoms with Crippen molar-refractivity contribution in [2.75, 3.05) is 0 Å². The summed E-state index contributed by atoms with van der Waals surface area (Å²) in [6.45, 7) is 0. The fraction of sp³-hybridized carbons (Fsp3) is 0.909. The van der Waals surface area contributed by atoms with Crippen LogP contribution in [-0.2, 0) is 4.79 Å². The van der Waals surface area contributed by atoms with Crippen LogP contribution in [0.1, 0.15) is 0 Å². The monoisotopic (exact) mass is 566 g/mol. The van der Waals surface area contributed by atoms with Crippen molar-refractivity contribution in [1.29, 1.82) is 0 Å². The van der Waals surface area contributed by atoms with Crippen LogP contribution >= 0.6 is 0 Å². The molecule has 0 unspecified atom stereocenters. The number of halogens is 22. The van der Waals surface area contributed by atoms with E-state index >= 15 is 0 Å². The van der Waals surface area contributed by atoms with Gasteiger partial charge in [0.1, 0.15) is 0 Å². The minimum atomic E-state index is -9.34. The third kappa shape index (κ3) is 3.79. The van der Waals surface area contributed by atoms with Gasteiger partial charge in [0.05, 0.1) is 0 Å². The molecule has 0 saturated heterocycles. The zero-order valence-electron chi connectivity index (χ0n) is 14.2. The molecule has 0 radical (unpaired) electrons. The second-order valence-corrected chi connectivity index (χ2v) is 5.93. The Morgan fingerprint density at radius 1 is 0.294 bits per heavy atom. The average molecular weight is 566 g/mol. The SMILES string of the molecule is O=C(C(F)(C(F)(F)C(F)(F)F)C(F)(F)C(F)(F)F)C(F)(C(F)(F)C(F)(F)F)C(F)(F)C(F)(F)F. The van der Waals surface area contributed by atoms with Gasteiger partial charge in [-0.15, -0.1) is 0 Å². The molecule has 0 aromatic carbocycles. The van der Waals surface area contributed by atoms with Gasteiger partial charge < -0.3 is 0 Å². The summed E-state index contributed by atoms with van der Waals surface area (Å²) in [4.78, 5) is 11.2. The zero-order chi connectivity index (χ0) is 28.6. The summed E-state index contributed by atoms with van der Waals surface area (Å²) in [5.41, 5.74) is -18.7. The second-order valence-electron chi connectivity index (χ2n) is 5.93. The maximum atomic E-state index is 14.1. The standard InChI is InChI=1S/C11F22O/c12-2(4(14,15)8(22,23)24,5(16,17)9(25,26)27)1(34)3(13,6(18,19)10(28,29)30)7(20,21)11(31,32)33. The van der Waals surface area contributed by atoms with E-state index in [1.807, 2.05) is 0 Å². The van der Waals surface area contributed by atoms with Crippen molar-refractivity contribution in [3.05, 3.63) is 0 Å². The van der Waals surface area contributed by atoms with Crippen LogP contribution in [0.5, 0.6) is 0 Å². The van der Waals surface area contributed by atoms with Crippen LogP contribution in [-0.4, -0.2) is 65.5 Å². The Balaban J connectivity index is 8.14. The van der Waals surface area contributed by atoms with Gasteiger partial charge in [0.2, 0.25) is 5.78 Å². The lowest BCUT2D eigenvalue weighted by Crippen LogP contribution is -2.81. The van der Waals surface area contributed by atoms with Crippen molar-refractivity contribution in [2.45, 2.75) is 59.7 Å². The van der Waals surface area contributed by atoms with E-state index in [9.17, 15) is 101 Å². The van der Waals surface area contributed by atoms with Gasteiger partial charge in [-0.1, -0.05) is 0 Å². The number of carbonyl (C=O) groups excluding carboxylic acids is 1. The summed E-state index contributed by atoms with van der Waals surface area (Å²) in [6.07, 6.45) is -33.9. The van der Waals surface area contributed by atoms with Crippen molar-refractivity contribution < 1.29 is 101 Å². The van der Waals surface area contributed by atoms with Gasteiger partial charge in [-0.05, 0) is 0 Å². The van der Waals surface area contributed by atoms with Gasteiger partial charge in [-0.3, -0.25) is 4.79 Å². The minimum absolute atomic E-state index is 6.78. The Bertz CT molecular complexity index is 657. The van der Waals surface area contributed by atoms with Gasteiger partial charge >= 0.3 is 59.7 Å². The van der Waals surface area contributed by atoms with E-state index < -0.39 is 65.5 Å². The molecule has 34 heavy (non-hydrogen) atoms. The Hall–Kier alpha value is -1.87. The van der Waals surface area contributed by atoms with E-state index in [1.165, 1.54) is 0 Å². The lowest BCUT2D eigenvalue weighted by Gasteiger charge is -2.45. The lowest BCUT2D eigenvalue weighted by atomic mass is 9.72. The Morgan fingerprint density at radius 2 is 0.412 bits per heavy atom. The van der Waals surface area contributed by atoms with Gasteiger partial charge in [0.15, 0.2) is 0 Å². The summed E-state index contributed by atoms with van der Waals surface area (Å²) in [6, 6.07) is 0. The molecule has 0 aromatic heterocycles. The first-order valence-corrected chi connectivity index (χ1v) is 6.86. The van der Waals surface area contributed by atoms with Crippen molar-refractivity contribution in [1.82, 2.24) is 0 Å². The van der Waals surface area contributed by atoms with Crippen LogP contribution < -0.4 is 0 Å². The third-order valence-corrected chi connectivity index (χ3v) is 3.78. The molecule has 0 saturated carbocycles. The Kier molecular flexibility index (Phi) is 7.15. The van der Waals surface area contributed by atoms with E-state index in [4.69, 9.17) is 0 Å². The summed E-state index contributed by atoms with van der Waals surface area (Å²) in [5.74, 6) is -42.9. The van der Waals surface area contributed by atoms with Crippen LogP contribution in [0.3, 0.4) is 0 Å². The highest BCUT2D eigenvalue weighted by Crippen LogP contribution is 2.64. The molecule has 0 heterocycles. The van der Waals surface area contributed by atoms with Crippen LogP contribution in [0, 0.1) is 0 Å². The summed E-state index contributed by atoms with van der Waals surface area (Å²) in [5, 5.41) is 0. The summed E-state index contributed by atoms with van der Waals surface area (Å²) < 4.78 is 281. The number of hydrogen-bond acceptors (Lipinski definition) is 1. The number of ketones is 1. The van der Waals surface area contributed by atoms with E-state index in [1.54, 1.807) is 0 Å². The molecule has 0 aliphatic rings. The number of rotatable bonds is 6. The van der Waals surface area contributed by atoms with Crippen LogP contribution in [0.2, 0.25) is 0 Å². The molecule has 0 spiro atoms. The van der Waals surface area contributed by atoms with E-state index in [2.05, 4.69) is 0 Å². The fourth-order valence-electron chi connectivity index (χ4n) is 1.98. The van der Waals surface area contributed by atoms with E-state index in [-0.39, 0.29) is 0 Å². The highest BCUT2D eigenvalue weighted by molar-refractivity contribution is 5.99. The first kappa shape index (κ1) is 32.1. The topological polar surface area (TPSA) is 17.1 Å². The summed E-state index contributed by atoms with van der Waals surface area (Å²) in [7, 11) is 0. The molecule has 0 aromatic rings. The average Bonchev–Trinajstić information content (AvgIpc) is 2.54. The zero-order valence-corrected chi connectivity index (χ0v) is 14.2. The smallest absolute Gasteiger partial charge is 0.291 e. The van der Waals surface area contributed by atoms with Crippen LogP contribution in [0.15, 0.2) is 0 Å². The highest BCUT2D eigenvalue weighted by Gasteiger charge is 2.98. The second kappa shape index (κ2) is 7.56. The van der Waals surface area contributed by atoms with E-state index in [0.717, 1.165) is 0 Å². The van der Waals surface area contributed by atoms with Gasteiger partial charge in [0, 0.05) is 0 Å². The lowest BCUT2D eigenvalue weighted by molar-refractivity contribution is -0.416. The number of hydrogen-bond donors (Lipinski definition) is 0. The predicted molar refractivity (Wildman–Crippen MR) is 56.7 cm³/mol. The number of carbonyl (C=O) groups is 1. The first-order chi connectivity index (χ1) is 14.2. The van der Waals surface area contributed by atoms with Crippen LogP contribution in [0.25, 0.3) is 0 Å². The predicted octanol–water partition coefficient (Wildman–Crippen LogP) is 6.76. The fourth-order valence-corrected chi connectivity index (χ4v) is 1.98. The molecule has 0 fully saturated rings. The molecule has 23 heteroatoms. The van der Waals surface area contributed by atoms with Crippen molar-refractivity contribution >= 4 is 5.78 Å².